The molecule has 0 atom stereocenters. The Morgan fingerprint density at radius 1 is 1.27 bits per heavy atom. The van der Waals surface area contributed by atoms with Gasteiger partial charge in [-0.15, -0.1) is 12.4 Å². The van der Waals surface area contributed by atoms with E-state index < -0.39 is 15.6 Å². The third-order valence-electron chi connectivity index (χ3n) is 3.80. The standard InChI is InChI=1S/C13H18Cl2N2O3S.ClH/c1-20-11-6-10(15)12(7-9(11)14)21(18,19)17-13(8-16)4-2-3-5-13;/h6-7,17H,2-5,8,16H2,1H3;1H. The van der Waals surface area contributed by atoms with E-state index in [2.05, 4.69) is 4.72 Å². The van der Waals surface area contributed by atoms with E-state index in [1.165, 1.54) is 19.2 Å². The van der Waals surface area contributed by atoms with E-state index in [9.17, 15) is 8.42 Å². The van der Waals surface area contributed by atoms with Crippen LogP contribution in [0.4, 0.5) is 0 Å². The van der Waals surface area contributed by atoms with Gasteiger partial charge in [0.15, 0.2) is 0 Å². The Hall–Kier alpha value is -0.240. The van der Waals surface area contributed by atoms with Crippen molar-refractivity contribution in [2.45, 2.75) is 36.1 Å². The van der Waals surface area contributed by atoms with E-state index in [1.54, 1.807) is 0 Å². The summed E-state index contributed by atoms with van der Waals surface area (Å²) in [6.45, 7) is 0.258. The topological polar surface area (TPSA) is 81.4 Å². The van der Waals surface area contributed by atoms with E-state index >= 15 is 0 Å². The van der Waals surface area contributed by atoms with Crippen molar-refractivity contribution in [3.8, 4) is 5.75 Å². The van der Waals surface area contributed by atoms with Crippen molar-refractivity contribution < 1.29 is 13.2 Å². The van der Waals surface area contributed by atoms with Crippen LogP contribution in [0, 0.1) is 0 Å². The van der Waals surface area contributed by atoms with Gasteiger partial charge in [-0.3, -0.25) is 0 Å². The van der Waals surface area contributed by atoms with Crippen LogP contribution in [0.25, 0.3) is 0 Å². The van der Waals surface area contributed by atoms with Gasteiger partial charge in [0.25, 0.3) is 0 Å². The molecule has 2 rings (SSSR count). The second-order valence-electron chi connectivity index (χ2n) is 5.21. The number of sulfonamides is 1. The molecule has 0 aliphatic heterocycles. The van der Waals surface area contributed by atoms with Gasteiger partial charge in [0.05, 0.1) is 17.2 Å². The zero-order valence-corrected chi connectivity index (χ0v) is 15.2. The highest BCUT2D eigenvalue weighted by atomic mass is 35.5. The van der Waals surface area contributed by atoms with Gasteiger partial charge >= 0.3 is 0 Å². The summed E-state index contributed by atoms with van der Waals surface area (Å²) in [6, 6.07) is 2.69. The lowest BCUT2D eigenvalue weighted by atomic mass is 10.0. The molecule has 1 aliphatic rings. The molecule has 3 N–H and O–H groups in total. The molecule has 1 fully saturated rings. The predicted octanol–water partition coefficient (Wildman–Crippen LogP) is 2.97. The highest BCUT2D eigenvalue weighted by Gasteiger charge is 2.37. The van der Waals surface area contributed by atoms with Gasteiger partial charge in [-0.25, -0.2) is 13.1 Å². The maximum atomic E-state index is 12.6. The van der Waals surface area contributed by atoms with Crippen LogP contribution in [0.3, 0.4) is 0 Å². The quantitative estimate of drug-likeness (QED) is 0.811. The van der Waals surface area contributed by atoms with Gasteiger partial charge in [-0.2, -0.15) is 0 Å². The Morgan fingerprint density at radius 2 is 1.86 bits per heavy atom. The van der Waals surface area contributed by atoms with Crippen molar-refractivity contribution in [2.24, 2.45) is 5.73 Å². The Balaban J connectivity index is 0.00000242. The van der Waals surface area contributed by atoms with Crippen LogP contribution < -0.4 is 15.2 Å². The molecular weight excluding hydrogens is 371 g/mol. The van der Waals surface area contributed by atoms with Crippen molar-refractivity contribution >= 4 is 45.6 Å². The average molecular weight is 390 g/mol. The lowest BCUT2D eigenvalue weighted by Crippen LogP contribution is -2.51. The molecular formula is C13H19Cl3N2O3S. The Morgan fingerprint density at radius 3 is 2.36 bits per heavy atom. The molecule has 5 nitrogen and oxygen atoms in total. The molecule has 0 spiro atoms. The van der Waals surface area contributed by atoms with Gasteiger partial charge in [-0.1, -0.05) is 36.0 Å². The molecule has 0 amide bonds. The summed E-state index contributed by atoms with van der Waals surface area (Å²) in [5.74, 6) is 0.329. The minimum atomic E-state index is -3.79. The first-order valence-electron chi connectivity index (χ1n) is 6.61. The zero-order chi connectivity index (χ0) is 15.7. The summed E-state index contributed by atoms with van der Waals surface area (Å²) in [6.07, 6.45) is 3.36. The highest BCUT2D eigenvalue weighted by Crippen LogP contribution is 2.35. The number of rotatable bonds is 5. The molecule has 1 aromatic carbocycles. The Bertz CT molecular complexity index is 632. The van der Waals surface area contributed by atoms with Crippen LogP contribution in [0.5, 0.6) is 5.75 Å². The zero-order valence-electron chi connectivity index (χ0n) is 12.1. The van der Waals surface area contributed by atoms with Crippen LogP contribution in [-0.4, -0.2) is 27.6 Å². The van der Waals surface area contributed by atoms with Gasteiger partial charge in [0.1, 0.15) is 10.6 Å². The van der Waals surface area contributed by atoms with Crippen molar-refractivity contribution in [1.82, 2.24) is 4.72 Å². The maximum absolute atomic E-state index is 12.6. The third-order valence-corrected chi connectivity index (χ3v) is 6.14. The van der Waals surface area contributed by atoms with Crippen LogP contribution in [-0.2, 0) is 10.0 Å². The smallest absolute Gasteiger partial charge is 0.242 e. The minimum Gasteiger partial charge on any atom is -0.495 e. The molecule has 0 bridgehead atoms. The number of nitrogens with one attached hydrogen (secondary N) is 1. The van der Waals surface area contributed by atoms with Crippen molar-refractivity contribution in [3.63, 3.8) is 0 Å². The van der Waals surface area contributed by atoms with Crippen LogP contribution >= 0.6 is 35.6 Å². The Kier molecular flexibility index (Phi) is 6.80. The van der Waals surface area contributed by atoms with Crippen molar-refractivity contribution in [2.75, 3.05) is 13.7 Å². The molecule has 0 radical (unpaired) electrons. The summed E-state index contributed by atoms with van der Waals surface area (Å²) in [4.78, 5) is -0.0605. The van der Waals surface area contributed by atoms with Crippen LogP contribution in [0.15, 0.2) is 17.0 Å². The Labute approximate surface area is 147 Å². The summed E-state index contributed by atoms with van der Waals surface area (Å²) >= 11 is 12.0. The molecule has 0 heterocycles. The first-order valence-corrected chi connectivity index (χ1v) is 8.84. The fraction of sp³-hybridized carbons (Fsp3) is 0.538. The number of hydrogen-bond acceptors (Lipinski definition) is 4. The van der Waals surface area contributed by atoms with Gasteiger partial charge in [0.2, 0.25) is 10.0 Å². The molecule has 0 aromatic heterocycles. The summed E-state index contributed by atoms with van der Waals surface area (Å²) < 4.78 is 32.9. The number of hydrogen-bond donors (Lipinski definition) is 2. The van der Waals surface area contributed by atoms with Crippen LogP contribution in [0.2, 0.25) is 10.0 Å². The van der Waals surface area contributed by atoms with E-state index in [4.69, 9.17) is 33.7 Å². The van der Waals surface area contributed by atoms with Gasteiger partial charge in [-0.05, 0) is 18.9 Å². The molecule has 22 heavy (non-hydrogen) atoms. The number of halogens is 3. The first-order chi connectivity index (χ1) is 9.83. The van der Waals surface area contributed by atoms with E-state index in [0.29, 0.717) is 5.75 Å². The van der Waals surface area contributed by atoms with E-state index in [0.717, 1.165) is 25.7 Å². The van der Waals surface area contributed by atoms with Gasteiger partial charge < -0.3 is 10.5 Å². The normalized spacial score (nSPS) is 17.1. The lowest BCUT2D eigenvalue weighted by Gasteiger charge is -2.28. The number of benzene rings is 1. The summed E-state index contributed by atoms with van der Waals surface area (Å²) in [5.41, 5.74) is 5.17. The highest BCUT2D eigenvalue weighted by molar-refractivity contribution is 7.89. The maximum Gasteiger partial charge on any atom is 0.242 e. The summed E-state index contributed by atoms with van der Waals surface area (Å²) in [7, 11) is -2.36. The second kappa shape index (κ2) is 7.55. The SMILES string of the molecule is COc1cc(Cl)c(S(=O)(=O)NC2(CN)CCCC2)cc1Cl.Cl. The number of ether oxygens (including phenoxy) is 1. The van der Waals surface area contributed by atoms with Crippen molar-refractivity contribution in [3.05, 3.63) is 22.2 Å². The predicted molar refractivity (Wildman–Crippen MR) is 90.8 cm³/mol. The second-order valence-corrected chi connectivity index (χ2v) is 7.68. The fourth-order valence-corrected chi connectivity index (χ4v) is 4.93. The minimum absolute atomic E-state index is 0. The largest absolute Gasteiger partial charge is 0.495 e. The molecule has 9 heteroatoms. The average Bonchev–Trinajstić information content (AvgIpc) is 2.89. The molecule has 1 aliphatic carbocycles. The first kappa shape index (κ1) is 19.8. The molecule has 126 valence electrons. The van der Waals surface area contributed by atoms with Crippen molar-refractivity contribution in [1.29, 1.82) is 0 Å². The fourth-order valence-electron chi connectivity index (χ4n) is 2.61. The van der Waals surface area contributed by atoms with Crippen LogP contribution in [0.1, 0.15) is 25.7 Å². The molecule has 0 saturated heterocycles. The number of methoxy groups -OCH3 is 1. The van der Waals surface area contributed by atoms with Gasteiger partial charge in [0, 0.05) is 18.2 Å². The summed E-state index contributed by atoms with van der Waals surface area (Å²) in [5, 5.41) is 0.254. The molecule has 1 aromatic rings. The number of nitrogens with two attached hydrogens (primary N) is 1. The molecule has 0 unspecified atom stereocenters. The lowest BCUT2D eigenvalue weighted by molar-refractivity contribution is 0.399. The third kappa shape index (κ3) is 3.99. The van der Waals surface area contributed by atoms with E-state index in [-0.39, 0.29) is 33.9 Å². The van der Waals surface area contributed by atoms with E-state index in [1.807, 2.05) is 0 Å². The molecule has 1 saturated carbocycles. The monoisotopic (exact) mass is 388 g/mol.